The molecule has 314 valence electrons. The fourth-order valence-electron chi connectivity index (χ4n) is 7.65. The third-order valence-electron chi connectivity index (χ3n) is 11.2. The van der Waals surface area contributed by atoms with E-state index in [4.69, 9.17) is 9.84 Å². The molecule has 4 nitrogen and oxygen atoms in total. The topological polar surface area (TPSA) is 63.6 Å². The average molecular weight is 747 g/mol. The van der Waals surface area contributed by atoms with Gasteiger partial charge in [-0.2, -0.15) is 0 Å². The Balaban J connectivity index is 3.85. The molecule has 0 spiro atoms. The molecule has 1 atom stereocenters. The molecule has 0 aromatic rings. The average Bonchev–Trinajstić information content (AvgIpc) is 3.14. The van der Waals surface area contributed by atoms with E-state index >= 15 is 0 Å². The number of unbranched alkanes of at least 4 members (excludes halogenated alkanes) is 34. The first kappa shape index (κ1) is 51.7. The standard InChI is InChI=1S/C49H94O4/c1-3-5-7-9-11-13-15-17-18-19-20-21-22-23-24-25-26-27-29-31-33-38-42-46-49(52)53-47(44-40-36-34-37-41-45-48(50)51)43-39-35-32-30-28-16-14-12-10-8-6-4-2/h19-20,47H,3-18,21-46H2,1-2H3,(H,50,51)/b20-19-. The Morgan fingerprint density at radius 3 is 1.02 bits per heavy atom. The summed E-state index contributed by atoms with van der Waals surface area (Å²) in [5.41, 5.74) is 0. The summed E-state index contributed by atoms with van der Waals surface area (Å²) >= 11 is 0. The van der Waals surface area contributed by atoms with Crippen molar-refractivity contribution in [1.29, 1.82) is 0 Å². The van der Waals surface area contributed by atoms with E-state index in [1.54, 1.807) is 0 Å². The molecule has 0 rings (SSSR count). The summed E-state index contributed by atoms with van der Waals surface area (Å²) in [6.45, 7) is 4.57. The lowest BCUT2D eigenvalue weighted by molar-refractivity contribution is -0.150. The Morgan fingerprint density at radius 2 is 0.679 bits per heavy atom. The molecule has 0 bridgehead atoms. The summed E-state index contributed by atoms with van der Waals surface area (Å²) in [6, 6.07) is 0. The van der Waals surface area contributed by atoms with Gasteiger partial charge in [-0.05, 0) is 64.2 Å². The summed E-state index contributed by atoms with van der Waals surface area (Å²) in [5, 5.41) is 8.85. The van der Waals surface area contributed by atoms with Crippen molar-refractivity contribution in [2.75, 3.05) is 0 Å². The quantitative estimate of drug-likeness (QED) is 0.0383. The zero-order chi connectivity index (χ0) is 38.6. The van der Waals surface area contributed by atoms with Gasteiger partial charge in [-0.1, -0.05) is 219 Å². The molecule has 0 aliphatic heterocycles. The van der Waals surface area contributed by atoms with Crippen molar-refractivity contribution in [2.24, 2.45) is 0 Å². The zero-order valence-corrected chi connectivity index (χ0v) is 36.1. The highest BCUT2D eigenvalue weighted by Gasteiger charge is 2.14. The molecule has 0 saturated heterocycles. The molecular formula is C49H94O4. The molecule has 0 aromatic carbocycles. The smallest absolute Gasteiger partial charge is 0.306 e. The first-order valence-corrected chi connectivity index (χ1v) is 24.2. The van der Waals surface area contributed by atoms with E-state index in [2.05, 4.69) is 26.0 Å². The molecule has 53 heavy (non-hydrogen) atoms. The molecule has 0 amide bonds. The van der Waals surface area contributed by atoms with Crippen LogP contribution in [-0.2, 0) is 14.3 Å². The number of hydrogen-bond acceptors (Lipinski definition) is 3. The monoisotopic (exact) mass is 747 g/mol. The van der Waals surface area contributed by atoms with Gasteiger partial charge in [0.15, 0.2) is 0 Å². The lowest BCUT2D eigenvalue weighted by atomic mass is 10.0. The lowest BCUT2D eigenvalue weighted by Gasteiger charge is -2.18. The minimum Gasteiger partial charge on any atom is -0.481 e. The largest absolute Gasteiger partial charge is 0.481 e. The van der Waals surface area contributed by atoms with Gasteiger partial charge in [0.1, 0.15) is 6.10 Å². The molecule has 0 radical (unpaired) electrons. The number of carboxylic acids is 1. The van der Waals surface area contributed by atoms with Gasteiger partial charge in [0.25, 0.3) is 0 Å². The minimum atomic E-state index is -0.696. The zero-order valence-electron chi connectivity index (χ0n) is 36.1. The maximum Gasteiger partial charge on any atom is 0.306 e. The van der Waals surface area contributed by atoms with Crippen LogP contribution in [-0.4, -0.2) is 23.1 Å². The van der Waals surface area contributed by atoms with Gasteiger partial charge in [0.05, 0.1) is 0 Å². The lowest BCUT2D eigenvalue weighted by Crippen LogP contribution is -2.18. The van der Waals surface area contributed by atoms with E-state index in [0.29, 0.717) is 6.42 Å². The second-order valence-electron chi connectivity index (χ2n) is 16.7. The molecule has 0 heterocycles. The van der Waals surface area contributed by atoms with Gasteiger partial charge in [0.2, 0.25) is 0 Å². The van der Waals surface area contributed by atoms with Gasteiger partial charge in [0, 0.05) is 12.8 Å². The summed E-state index contributed by atoms with van der Waals surface area (Å²) in [6.07, 6.45) is 56.9. The normalized spacial score (nSPS) is 12.2. The first-order chi connectivity index (χ1) is 26.1. The fourth-order valence-corrected chi connectivity index (χ4v) is 7.65. The molecule has 1 N–H and O–H groups in total. The highest BCUT2D eigenvalue weighted by atomic mass is 16.5. The second kappa shape index (κ2) is 45.1. The van der Waals surface area contributed by atoms with Crippen LogP contribution in [0, 0.1) is 0 Å². The number of esters is 1. The molecule has 0 aliphatic carbocycles. The van der Waals surface area contributed by atoms with Crippen LogP contribution in [0.5, 0.6) is 0 Å². The SMILES string of the molecule is CCCCCCCCCC/C=C\CCCCCCCCCCCCCC(=O)OC(CCCCCCCCCCCCCC)CCCCCCCC(=O)O. The van der Waals surface area contributed by atoms with Crippen LogP contribution >= 0.6 is 0 Å². The maximum absolute atomic E-state index is 12.7. The first-order valence-electron chi connectivity index (χ1n) is 24.2. The number of carboxylic acid groups (broad SMARTS) is 1. The Morgan fingerprint density at radius 1 is 0.396 bits per heavy atom. The molecule has 0 aromatic heterocycles. The number of allylic oxidation sites excluding steroid dienone is 2. The van der Waals surface area contributed by atoms with Gasteiger partial charge in [-0.3, -0.25) is 9.59 Å². The minimum absolute atomic E-state index is 0.00869. The fraction of sp³-hybridized carbons (Fsp3) is 0.918. The molecule has 0 saturated carbocycles. The van der Waals surface area contributed by atoms with Gasteiger partial charge >= 0.3 is 11.9 Å². The Kier molecular flexibility index (Phi) is 43.9. The number of carbonyl (C=O) groups excluding carboxylic acids is 1. The maximum atomic E-state index is 12.7. The van der Waals surface area contributed by atoms with E-state index in [1.165, 1.54) is 193 Å². The molecule has 1 unspecified atom stereocenters. The van der Waals surface area contributed by atoms with Gasteiger partial charge in [-0.25, -0.2) is 0 Å². The van der Waals surface area contributed by atoms with E-state index in [-0.39, 0.29) is 18.5 Å². The van der Waals surface area contributed by atoms with Crippen molar-refractivity contribution in [2.45, 2.75) is 290 Å². The molecule has 4 heteroatoms. The van der Waals surface area contributed by atoms with Crippen molar-refractivity contribution in [1.82, 2.24) is 0 Å². The number of hydrogen-bond donors (Lipinski definition) is 1. The van der Waals surface area contributed by atoms with E-state index < -0.39 is 5.97 Å². The third-order valence-corrected chi connectivity index (χ3v) is 11.2. The van der Waals surface area contributed by atoms with Crippen LogP contribution in [0.2, 0.25) is 0 Å². The van der Waals surface area contributed by atoms with Crippen molar-refractivity contribution in [3.8, 4) is 0 Å². The summed E-state index contributed by atoms with van der Waals surface area (Å²) < 4.78 is 6.04. The summed E-state index contributed by atoms with van der Waals surface area (Å²) in [4.78, 5) is 23.5. The highest BCUT2D eigenvalue weighted by Crippen LogP contribution is 2.19. The van der Waals surface area contributed by atoms with Gasteiger partial charge in [-0.15, -0.1) is 0 Å². The van der Waals surface area contributed by atoms with Crippen molar-refractivity contribution >= 4 is 11.9 Å². The number of rotatable bonds is 45. The van der Waals surface area contributed by atoms with Crippen LogP contribution < -0.4 is 0 Å². The van der Waals surface area contributed by atoms with E-state index in [1.807, 2.05) is 0 Å². The van der Waals surface area contributed by atoms with E-state index in [0.717, 1.165) is 64.2 Å². The van der Waals surface area contributed by atoms with Crippen LogP contribution in [0.15, 0.2) is 12.2 Å². The number of ether oxygens (including phenoxy) is 1. The highest BCUT2D eigenvalue weighted by molar-refractivity contribution is 5.69. The Labute approximate surface area is 332 Å². The van der Waals surface area contributed by atoms with Gasteiger partial charge < -0.3 is 9.84 Å². The number of carbonyl (C=O) groups is 2. The van der Waals surface area contributed by atoms with E-state index in [9.17, 15) is 9.59 Å². The molecule has 0 aliphatic rings. The van der Waals surface area contributed by atoms with Crippen molar-refractivity contribution < 1.29 is 19.4 Å². The summed E-state index contributed by atoms with van der Waals surface area (Å²) in [7, 11) is 0. The van der Waals surface area contributed by atoms with Crippen LogP contribution in [0.4, 0.5) is 0 Å². The van der Waals surface area contributed by atoms with Crippen molar-refractivity contribution in [3.05, 3.63) is 12.2 Å². The van der Waals surface area contributed by atoms with Crippen LogP contribution in [0.3, 0.4) is 0 Å². The molecule has 0 fully saturated rings. The molecular weight excluding hydrogens is 653 g/mol. The predicted molar refractivity (Wildman–Crippen MR) is 232 cm³/mol. The van der Waals surface area contributed by atoms with Crippen molar-refractivity contribution in [3.63, 3.8) is 0 Å². The van der Waals surface area contributed by atoms with Crippen LogP contribution in [0.25, 0.3) is 0 Å². The predicted octanol–water partition coefficient (Wildman–Crippen LogP) is 17.0. The number of aliphatic carboxylic acids is 1. The Hall–Kier alpha value is -1.32. The summed E-state index contributed by atoms with van der Waals surface area (Å²) in [5.74, 6) is -0.687. The third kappa shape index (κ3) is 45.0. The second-order valence-corrected chi connectivity index (χ2v) is 16.7. The van der Waals surface area contributed by atoms with Crippen LogP contribution in [0.1, 0.15) is 284 Å². The Bertz CT molecular complexity index is 762.